The van der Waals surface area contributed by atoms with Gasteiger partial charge in [0.25, 0.3) is 0 Å². The van der Waals surface area contributed by atoms with E-state index in [1.54, 1.807) is 18.2 Å². The molecule has 152 valence electrons. The molecule has 4 aliphatic carbocycles. The van der Waals surface area contributed by atoms with E-state index in [4.69, 9.17) is 0 Å². The Kier molecular flexibility index (Phi) is 4.40. The van der Waals surface area contributed by atoms with Crippen LogP contribution in [0.15, 0.2) is 35.9 Å². The number of rotatable bonds is 0. The smallest absolute Gasteiger partial charge is 0.155 e. The second-order valence-electron chi connectivity index (χ2n) is 9.96. The highest BCUT2D eigenvalue weighted by Gasteiger charge is 2.62. The van der Waals surface area contributed by atoms with Gasteiger partial charge >= 0.3 is 0 Å². The molecule has 3 fully saturated rings. The summed E-state index contributed by atoms with van der Waals surface area (Å²) in [6, 6.07) is 6.96. The van der Waals surface area contributed by atoms with Gasteiger partial charge in [-0.25, -0.2) is 0 Å². The number of aliphatic hydroxyl groups is 1. The molecule has 2 N–H and O–H groups in total. The summed E-state index contributed by atoms with van der Waals surface area (Å²) in [5, 5.41) is 21.3. The Morgan fingerprint density at radius 1 is 1.07 bits per heavy atom. The van der Waals surface area contributed by atoms with Crippen LogP contribution >= 0.6 is 0 Å². The molecule has 29 heavy (non-hydrogen) atoms. The van der Waals surface area contributed by atoms with E-state index in [0.717, 1.165) is 50.5 Å². The Morgan fingerprint density at radius 3 is 2.76 bits per heavy atom. The largest absolute Gasteiger partial charge is 0.508 e. The highest BCUT2D eigenvalue weighted by atomic mass is 16.3. The molecule has 6 atom stereocenters. The number of allylic oxidation sites excluding steroid dienone is 1. The number of carbonyl (C=O) groups is 1. The maximum Gasteiger partial charge on any atom is 0.155 e. The highest BCUT2D eigenvalue weighted by Crippen LogP contribution is 2.64. The fourth-order valence-electron chi connectivity index (χ4n) is 7.16. The lowest BCUT2D eigenvalue weighted by atomic mass is 9.50. The Bertz CT molecular complexity index is 935. The first-order valence-electron chi connectivity index (χ1n) is 11.2. The first kappa shape index (κ1) is 18.9. The number of fused-ring (bicyclic) bond motifs is 5. The molecule has 0 bridgehead atoms. The number of aromatic hydroxyl groups is 1. The maximum atomic E-state index is 11.9. The van der Waals surface area contributed by atoms with Gasteiger partial charge < -0.3 is 10.2 Å². The predicted molar refractivity (Wildman–Crippen MR) is 112 cm³/mol. The van der Waals surface area contributed by atoms with Crippen molar-refractivity contribution in [2.45, 2.75) is 63.9 Å². The fraction of sp³-hybridized carbons (Fsp3) is 0.577. The van der Waals surface area contributed by atoms with Gasteiger partial charge in [-0.1, -0.05) is 30.4 Å². The summed E-state index contributed by atoms with van der Waals surface area (Å²) in [5.41, 5.74) is 1.01. The first-order chi connectivity index (χ1) is 13.9. The Balaban J connectivity index is 1.42. The average Bonchev–Trinajstić information content (AvgIpc) is 2.97. The Morgan fingerprint density at radius 2 is 1.93 bits per heavy atom. The molecule has 4 aliphatic rings. The van der Waals surface area contributed by atoms with E-state index < -0.39 is 5.60 Å². The van der Waals surface area contributed by atoms with Crippen molar-refractivity contribution in [3.8, 4) is 17.6 Å². The predicted octanol–water partition coefficient (Wildman–Crippen LogP) is 4.62. The first-order valence-corrected chi connectivity index (χ1v) is 11.2. The van der Waals surface area contributed by atoms with Gasteiger partial charge in [-0.15, -0.1) is 0 Å². The van der Waals surface area contributed by atoms with E-state index in [9.17, 15) is 15.0 Å². The molecule has 0 aromatic heterocycles. The summed E-state index contributed by atoms with van der Waals surface area (Å²) >= 11 is 0. The third-order valence-corrected chi connectivity index (χ3v) is 8.71. The summed E-state index contributed by atoms with van der Waals surface area (Å²) in [6.07, 6.45) is 9.78. The lowest BCUT2D eigenvalue weighted by molar-refractivity contribution is -0.116. The van der Waals surface area contributed by atoms with Crippen LogP contribution in [-0.2, 0) is 4.79 Å². The summed E-state index contributed by atoms with van der Waals surface area (Å²) < 4.78 is 0. The van der Waals surface area contributed by atoms with Crippen LogP contribution < -0.4 is 0 Å². The van der Waals surface area contributed by atoms with Gasteiger partial charge in [0.1, 0.15) is 11.4 Å². The maximum absolute atomic E-state index is 11.9. The summed E-state index contributed by atoms with van der Waals surface area (Å²) in [5.74, 6) is 9.30. The van der Waals surface area contributed by atoms with Crippen molar-refractivity contribution in [2.75, 3.05) is 0 Å². The third-order valence-electron chi connectivity index (χ3n) is 8.71. The van der Waals surface area contributed by atoms with Crippen molar-refractivity contribution in [1.29, 1.82) is 0 Å². The van der Waals surface area contributed by atoms with Crippen molar-refractivity contribution in [2.24, 2.45) is 29.1 Å². The number of benzene rings is 1. The van der Waals surface area contributed by atoms with Crippen LogP contribution in [0.5, 0.6) is 5.75 Å². The number of phenols is 1. The van der Waals surface area contributed by atoms with Crippen molar-refractivity contribution in [1.82, 2.24) is 0 Å². The van der Waals surface area contributed by atoms with E-state index in [1.807, 2.05) is 12.1 Å². The van der Waals surface area contributed by atoms with Gasteiger partial charge in [-0.05, 0) is 92.9 Å². The molecule has 5 rings (SSSR count). The van der Waals surface area contributed by atoms with Crippen molar-refractivity contribution >= 4 is 5.78 Å². The quantitative estimate of drug-likeness (QED) is 0.636. The zero-order valence-corrected chi connectivity index (χ0v) is 17.2. The van der Waals surface area contributed by atoms with Crippen LogP contribution in [0.3, 0.4) is 0 Å². The zero-order chi connectivity index (χ0) is 20.2. The zero-order valence-electron chi connectivity index (χ0n) is 17.2. The molecule has 0 saturated heterocycles. The molecule has 1 aromatic rings. The molecule has 3 nitrogen and oxygen atoms in total. The van der Waals surface area contributed by atoms with Gasteiger partial charge in [-0.3, -0.25) is 4.79 Å². The lowest BCUT2D eigenvalue weighted by Crippen LogP contribution is -2.52. The minimum Gasteiger partial charge on any atom is -0.508 e. The van der Waals surface area contributed by atoms with Crippen molar-refractivity contribution < 1.29 is 15.0 Å². The minimum absolute atomic E-state index is 0.177. The Labute approximate surface area is 173 Å². The molecule has 0 spiro atoms. The molecule has 0 radical (unpaired) electrons. The summed E-state index contributed by atoms with van der Waals surface area (Å²) in [7, 11) is 0. The molecule has 0 heterocycles. The molecule has 3 saturated carbocycles. The molecule has 1 aromatic carbocycles. The van der Waals surface area contributed by atoms with Crippen LogP contribution in [0.25, 0.3) is 0 Å². The van der Waals surface area contributed by atoms with Gasteiger partial charge in [0, 0.05) is 17.4 Å². The number of phenolic OH excluding ortho intramolecular Hbond substituents is 1. The molecular formula is C26H30O3. The standard InChI is InChI=1S/C26H30O3/c1-25-12-10-22-21-8-6-20(28)16-18(21)5-7-23(22)24(25)11-14-26(25,29)13-9-17-3-2-4-19(27)15-17/h2-4,15-16,21-24,27,29H,5-8,10-12,14H2,1H3/t21-,22-,23+,24+,25-,26+/m0/s1. The van der Waals surface area contributed by atoms with E-state index in [2.05, 4.69) is 18.8 Å². The minimum atomic E-state index is -0.966. The van der Waals surface area contributed by atoms with E-state index in [0.29, 0.717) is 35.9 Å². The SMILES string of the molecule is C[C@]12CC[C@@H]3[C@@H](CCC4=CC(=O)CC[C@@H]43)[C@H]1CC[C@]2(O)C#Cc1cccc(O)c1. The van der Waals surface area contributed by atoms with Crippen LogP contribution in [0.1, 0.15) is 63.9 Å². The van der Waals surface area contributed by atoms with Crippen LogP contribution in [0.4, 0.5) is 0 Å². The lowest BCUT2D eigenvalue weighted by Gasteiger charge is -2.54. The van der Waals surface area contributed by atoms with E-state index >= 15 is 0 Å². The fourth-order valence-corrected chi connectivity index (χ4v) is 7.16. The number of ketones is 1. The van der Waals surface area contributed by atoms with Gasteiger partial charge in [-0.2, -0.15) is 0 Å². The second kappa shape index (κ2) is 6.74. The van der Waals surface area contributed by atoms with Gasteiger partial charge in [0.05, 0.1) is 0 Å². The normalized spacial score (nSPS) is 40.8. The van der Waals surface area contributed by atoms with Crippen LogP contribution in [0.2, 0.25) is 0 Å². The molecule has 0 amide bonds. The highest BCUT2D eigenvalue weighted by molar-refractivity contribution is 5.91. The Hall–Kier alpha value is -2.05. The summed E-state index contributed by atoms with van der Waals surface area (Å²) in [6.45, 7) is 2.26. The van der Waals surface area contributed by atoms with E-state index in [1.165, 1.54) is 5.57 Å². The van der Waals surface area contributed by atoms with Gasteiger partial charge in [0.15, 0.2) is 5.78 Å². The third kappa shape index (κ3) is 2.96. The molecule has 3 heteroatoms. The second-order valence-corrected chi connectivity index (χ2v) is 9.96. The average molecular weight is 391 g/mol. The monoisotopic (exact) mass is 390 g/mol. The topological polar surface area (TPSA) is 57.5 Å². The van der Waals surface area contributed by atoms with Gasteiger partial charge in [0.2, 0.25) is 0 Å². The summed E-state index contributed by atoms with van der Waals surface area (Å²) in [4.78, 5) is 11.9. The van der Waals surface area contributed by atoms with Crippen LogP contribution in [0, 0.1) is 40.9 Å². The number of hydrogen-bond acceptors (Lipinski definition) is 3. The molecular weight excluding hydrogens is 360 g/mol. The van der Waals surface area contributed by atoms with Crippen molar-refractivity contribution in [3.63, 3.8) is 0 Å². The number of carbonyl (C=O) groups excluding carboxylic acids is 1. The van der Waals surface area contributed by atoms with Crippen LogP contribution in [-0.4, -0.2) is 21.6 Å². The number of hydrogen-bond donors (Lipinski definition) is 2. The van der Waals surface area contributed by atoms with Crippen molar-refractivity contribution in [3.05, 3.63) is 41.5 Å². The molecule has 0 aliphatic heterocycles. The van der Waals surface area contributed by atoms with E-state index in [-0.39, 0.29) is 11.2 Å². The molecule has 0 unspecified atom stereocenters.